The van der Waals surface area contributed by atoms with Crippen molar-refractivity contribution in [3.05, 3.63) is 34.1 Å². The second kappa shape index (κ2) is 3.90. The Bertz CT molecular complexity index is 390. The van der Waals surface area contributed by atoms with Crippen LogP contribution < -0.4 is 11.1 Å². The number of rotatable bonds is 2. The molecule has 2 unspecified atom stereocenters. The van der Waals surface area contributed by atoms with Gasteiger partial charge in [-0.1, -0.05) is 6.07 Å². The van der Waals surface area contributed by atoms with Crippen LogP contribution in [-0.4, -0.2) is 18.0 Å². The van der Waals surface area contributed by atoms with Gasteiger partial charge in [0.1, 0.15) is 5.82 Å². The van der Waals surface area contributed by atoms with Crippen LogP contribution in [0.15, 0.2) is 22.7 Å². The molecule has 1 fully saturated rings. The van der Waals surface area contributed by atoms with E-state index in [1.807, 2.05) is 0 Å². The molecular formula is C10H10BrFN2O. The molecule has 1 amide bonds. The maximum absolute atomic E-state index is 13.3. The van der Waals surface area contributed by atoms with Crippen LogP contribution in [0.3, 0.4) is 0 Å². The first-order valence-corrected chi connectivity index (χ1v) is 5.39. The number of amides is 1. The molecule has 0 aromatic heterocycles. The van der Waals surface area contributed by atoms with E-state index < -0.39 is 11.7 Å². The number of carbonyl (C=O) groups excluding carboxylic acids is 1. The molecule has 0 spiro atoms. The van der Waals surface area contributed by atoms with Crippen molar-refractivity contribution in [1.82, 2.24) is 5.32 Å². The second-order valence-electron chi connectivity index (χ2n) is 3.58. The van der Waals surface area contributed by atoms with Gasteiger partial charge < -0.3 is 11.1 Å². The van der Waals surface area contributed by atoms with E-state index in [2.05, 4.69) is 21.2 Å². The molecule has 0 bridgehead atoms. The Morgan fingerprint density at radius 3 is 2.80 bits per heavy atom. The van der Waals surface area contributed by atoms with Gasteiger partial charge in [0.2, 0.25) is 0 Å². The van der Waals surface area contributed by atoms with E-state index in [0.717, 1.165) is 6.42 Å². The average molecular weight is 273 g/mol. The van der Waals surface area contributed by atoms with Crippen molar-refractivity contribution >= 4 is 21.8 Å². The molecule has 1 aliphatic rings. The standard InChI is InChI=1S/C10H10BrFN2O/c11-5-2-1-3-6(12)9(5)10(15)14-8-4-7(8)13/h1-3,7-8H,4,13H2,(H,14,15). The first kappa shape index (κ1) is 10.6. The van der Waals surface area contributed by atoms with Gasteiger partial charge in [-0.2, -0.15) is 0 Å². The molecule has 1 aromatic rings. The zero-order chi connectivity index (χ0) is 11.0. The summed E-state index contributed by atoms with van der Waals surface area (Å²) in [7, 11) is 0. The summed E-state index contributed by atoms with van der Waals surface area (Å²) in [5, 5.41) is 2.67. The number of hydrogen-bond donors (Lipinski definition) is 2. The molecule has 80 valence electrons. The van der Waals surface area contributed by atoms with Crippen LogP contribution in [0.4, 0.5) is 4.39 Å². The molecule has 1 saturated carbocycles. The van der Waals surface area contributed by atoms with E-state index in [4.69, 9.17) is 5.73 Å². The molecule has 0 aliphatic heterocycles. The Kier molecular flexibility index (Phi) is 2.75. The quantitative estimate of drug-likeness (QED) is 0.856. The van der Waals surface area contributed by atoms with Crippen molar-refractivity contribution < 1.29 is 9.18 Å². The lowest BCUT2D eigenvalue weighted by atomic mass is 10.2. The normalized spacial score (nSPS) is 23.7. The highest BCUT2D eigenvalue weighted by molar-refractivity contribution is 9.10. The van der Waals surface area contributed by atoms with Crippen molar-refractivity contribution in [2.45, 2.75) is 18.5 Å². The Morgan fingerprint density at radius 1 is 1.60 bits per heavy atom. The van der Waals surface area contributed by atoms with Crippen molar-refractivity contribution in [1.29, 1.82) is 0 Å². The molecule has 1 aromatic carbocycles. The number of nitrogens with one attached hydrogen (secondary N) is 1. The lowest BCUT2D eigenvalue weighted by Crippen LogP contribution is -2.30. The first-order valence-electron chi connectivity index (χ1n) is 4.60. The van der Waals surface area contributed by atoms with Crippen LogP contribution in [0.5, 0.6) is 0 Å². The van der Waals surface area contributed by atoms with Crippen LogP contribution in [0, 0.1) is 5.82 Å². The highest BCUT2D eigenvalue weighted by Gasteiger charge is 2.35. The topological polar surface area (TPSA) is 55.1 Å². The molecule has 2 rings (SSSR count). The molecule has 15 heavy (non-hydrogen) atoms. The van der Waals surface area contributed by atoms with Gasteiger partial charge in [0, 0.05) is 16.6 Å². The van der Waals surface area contributed by atoms with E-state index in [9.17, 15) is 9.18 Å². The van der Waals surface area contributed by atoms with Gasteiger partial charge in [0.25, 0.3) is 5.91 Å². The Balaban J connectivity index is 2.17. The summed E-state index contributed by atoms with van der Waals surface area (Å²) < 4.78 is 13.8. The van der Waals surface area contributed by atoms with Gasteiger partial charge in [-0.25, -0.2) is 4.39 Å². The summed E-state index contributed by atoms with van der Waals surface area (Å²) in [5.41, 5.74) is 5.59. The minimum Gasteiger partial charge on any atom is -0.348 e. The third kappa shape index (κ3) is 2.18. The fourth-order valence-electron chi connectivity index (χ4n) is 1.34. The average Bonchev–Trinajstić information content (AvgIpc) is 2.81. The fourth-order valence-corrected chi connectivity index (χ4v) is 1.86. The second-order valence-corrected chi connectivity index (χ2v) is 4.43. The van der Waals surface area contributed by atoms with E-state index in [-0.39, 0.29) is 17.6 Å². The smallest absolute Gasteiger partial charge is 0.255 e. The summed E-state index contributed by atoms with van der Waals surface area (Å²) in [6.07, 6.45) is 0.762. The van der Waals surface area contributed by atoms with E-state index in [1.165, 1.54) is 6.07 Å². The third-order valence-electron chi connectivity index (χ3n) is 2.35. The molecule has 1 aliphatic carbocycles. The largest absolute Gasteiger partial charge is 0.348 e. The van der Waals surface area contributed by atoms with E-state index in [0.29, 0.717) is 4.47 Å². The van der Waals surface area contributed by atoms with Crippen molar-refractivity contribution in [2.24, 2.45) is 5.73 Å². The summed E-state index contributed by atoms with van der Waals surface area (Å²) in [6, 6.07) is 4.43. The predicted molar refractivity (Wildman–Crippen MR) is 57.9 cm³/mol. The maximum atomic E-state index is 13.3. The molecule has 3 nitrogen and oxygen atoms in total. The summed E-state index contributed by atoms with van der Waals surface area (Å²) in [5.74, 6) is -0.950. The van der Waals surface area contributed by atoms with Gasteiger partial charge in [-0.3, -0.25) is 4.79 Å². The minimum absolute atomic E-state index is 0.0102. The molecule has 0 saturated heterocycles. The first-order chi connectivity index (χ1) is 7.09. The fraction of sp³-hybridized carbons (Fsp3) is 0.300. The van der Waals surface area contributed by atoms with Gasteiger partial charge in [-0.05, 0) is 34.5 Å². The summed E-state index contributed by atoms with van der Waals surface area (Å²) in [4.78, 5) is 11.6. The zero-order valence-electron chi connectivity index (χ0n) is 7.84. The van der Waals surface area contributed by atoms with Gasteiger partial charge in [-0.15, -0.1) is 0 Å². The van der Waals surface area contributed by atoms with Crippen molar-refractivity contribution in [2.75, 3.05) is 0 Å². The van der Waals surface area contributed by atoms with Crippen molar-refractivity contribution in [3.63, 3.8) is 0 Å². The van der Waals surface area contributed by atoms with Crippen LogP contribution >= 0.6 is 15.9 Å². The van der Waals surface area contributed by atoms with Crippen LogP contribution in [0.2, 0.25) is 0 Å². The SMILES string of the molecule is NC1CC1NC(=O)c1c(F)cccc1Br. The zero-order valence-corrected chi connectivity index (χ0v) is 9.42. The molecule has 0 heterocycles. The molecule has 0 radical (unpaired) electrons. The highest BCUT2D eigenvalue weighted by atomic mass is 79.9. The van der Waals surface area contributed by atoms with Gasteiger partial charge in [0.15, 0.2) is 0 Å². The number of nitrogens with two attached hydrogens (primary N) is 1. The lowest BCUT2D eigenvalue weighted by Gasteiger charge is -2.06. The van der Waals surface area contributed by atoms with Gasteiger partial charge in [0.05, 0.1) is 5.56 Å². The monoisotopic (exact) mass is 272 g/mol. The third-order valence-corrected chi connectivity index (χ3v) is 3.01. The highest BCUT2D eigenvalue weighted by Crippen LogP contribution is 2.22. The maximum Gasteiger partial charge on any atom is 0.255 e. The summed E-state index contributed by atoms with van der Waals surface area (Å²) >= 11 is 3.14. The van der Waals surface area contributed by atoms with Crippen LogP contribution in [-0.2, 0) is 0 Å². The number of carbonyl (C=O) groups is 1. The van der Waals surface area contributed by atoms with Crippen molar-refractivity contribution in [3.8, 4) is 0 Å². The molecular weight excluding hydrogens is 263 g/mol. The van der Waals surface area contributed by atoms with Gasteiger partial charge >= 0.3 is 0 Å². The Hall–Kier alpha value is -0.940. The molecule has 3 N–H and O–H groups in total. The van der Waals surface area contributed by atoms with Crippen LogP contribution in [0.25, 0.3) is 0 Å². The lowest BCUT2D eigenvalue weighted by molar-refractivity contribution is 0.0945. The number of halogens is 2. The number of benzene rings is 1. The molecule has 5 heteroatoms. The summed E-state index contributed by atoms with van der Waals surface area (Å²) in [6.45, 7) is 0. The minimum atomic E-state index is -0.531. The predicted octanol–water partition coefficient (Wildman–Crippen LogP) is 1.42. The van der Waals surface area contributed by atoms with Crippen LogP contribution in [0.1, 0.15) is 16.8 Å². The van der Waals surface area contributed by atoms with E-state index >= 15 is 0 Å². The Morgan fingerprint density at radius 2 is 2.27 bits per heavy atom. The van der Waals surface area contributed by atoms with E-state index in [1.54, 1.807) is 12.1 Å². The Labute approximate surface area is 95.0 Å². The molecule has 2 atom stereocenters. The number of hydrogen-bond acceptors (Lipinski definition) is 2.